The molecule has 1 heterocycles. The summed E-state index contributed by atoms with van der Waals surface area (Å²) < 4.78 is 10.7. The molecule has 104 valence electrons. The van der Waals surface area contributed by atoms with Gasteiger partial charge in [0.1, 0.15) is 6.10 Å². The number of likely N-dealkylation sites (N-methyl/N-ethyl adjacent to an activating group) is 1. The number of ether oxygens (including phenoxy) is 1. The van der Waals surface area contributed by atoms with Crippen LogP contribution in [0.25, 0.3) is 0 Å². The van der Waals surface area contributed by atoms with Crippen molar-refractivity contribution in [1.29, 1.82) is 0 Å². The third-order valence-corrected chi connectivity index (χ3v) is 2.85. The molecular formula is C13H25N3O2. The lowest BCUT2D eigenvalue weighted by Gasteiger charge is -2.15. The zero-order valence-corrected chi connectivity index (χ0v) is 12.1. The van der Waals surface area contributed by atoms with Gasteiger partial charge in [-0.2, -0.15) is 4.98 Å². The fraction of sp³-hybridized carbons (Fsp3) is 0.846. The average molecular weight is 255 g/mol. The molecule has 0 aliphatic carbocycles. The summed E-state index contributed by atoms with van der Waals surface area (Å²) >= 11 is 0. The van der Waals surface area contributed by atoms with Gasteiger partial charge in [-0.1, -0.05) is 19.0 Å². The molecule has 5 heteroatoms. The second-order valence-corrected chi connectivity index (χ2v) is 4.96. The Morgan fingerprint density at radius 2 is 2.06 bits per heavy atom. The summed E-state index contributed by atoms with van der Waals surface area (Å²) in [6, 6.07) is 0.376. The van der Waals surface area contributed by atoms with Crippen LogP contribution in [0.15, 0.2) is 4.52 Å². The van der Waals surface area contributed by atoms with E-state index < -0.39 is 0 Å². The Hall–Kier alpha value is -0.940. The number of hydrogen-bond donors (Lipinski definition) is 1. The topological polar surface area (TPSA) is 60.2 Å². The van der Waals surface area contributed by atoms with Gasteiger partial charge >= 0.3 is 0 Å². The van der Waals surface area contributed by atoms with E-state index in [9.17, 15) is 0 Å². The van der Waals surface area contributed by atoms with E-state index in [0.717, 1.165) is 12.8 Å². The van der Waals surface area contributed by atoms with Crippen molar-refractivity contribution in [2.45, 2.75) is 52.7 Å². The van der Waals surface area contributed by atoms with Crippen molar-refractivity contribution < 1.29 is 9.26 Å². The molecule has 0 spiro atoms. The molecule has 0 amide bonds. The van der Waals surface area contributed by atoms with Crippen molar-refractivity contribution in [3.05, 3.63) is 11.7 Å². The van der Waals surface area contributed by atoms with E-state index in [-0.39, 0.29) is 6.10 Å². The number of nitrogens with one attached hydrogen (secondary N) is 1. The first kappa shape index (κ1) is 15.1. The Morgan fingerprint density at radius 3 is 2.61 bits per heavy atom. The van der Waals surface area contributed by atoms with E-state index in [0.29, 0.717) is 30.3 Å². The van der Waals surface area contributed by atoms with Gasteiger partial charge in [0.25, 0.3) is 0 Å². The summed E-state index contributed by atoms with van der Waals surface area (Å²) in [5, 5.41) is 7.25. The first-order valence-electron chi connectivity index (χ1n) is 6.68. The van der Waals surface area contributed by atoms with Crippen molar-refractivity contribution in [2.75, 3.05) is 13.7 Å². The van der Waals surface area contributed by atoms with Crippen LogP contribution in [0.2, 0.25) is 0 Å². The van der Waals surface area contributed by atoms with Gasteiger partial charge in [-0.3, -0.25) is 0 Å². The molecule has 1 aromatic rings. The molecule has 5 nitrogen and oxygen atoms in total. The summed E-state index contributed by atoms with van der Waals surface area (Å²) in [6.07, 6.45) is 1.75. The van der Waals surface area contributed by atoms with Crippen molar-refractivity contribution >= 4 is 0 Å². The fourth-order valence-electron chi connectivity index (χ4n) is 1.92. The van der Waals surface area contributed by atoms with Crippen LogP contribution in [0.5, 0.6) is 0 Å². The van der Waals surface area contributed by atoms with Crippen molar-refractivity contribution in [1.82, 2.24) is 15.5 Å². The minimum Gasteiger partial charge on any atom is -0.371 e. The molecule has 1 rings (SSSR count). The van der Waals surface area contributed by atoms with Gasteiger partial charge in [-0.25, -0.2) is 0 Å². The molecule has 18 heavy (non-hydrogen) atoms. The van der Waals surface area contributed by atoms with Gasteiger partial charge in [0, 0.05) is 19.1 Å². The van der Waals surface area contributed by atoms with E-state index in [1.54, 1.807) is 0 Å². The molecule has 0 aliphatic heterocycles. The van der Waals surface area contributed by atoms with Crippen LogP contribution >= 0.6 is 0 Å². The Labute approximate surface area is 109 Å². The smallest absolute Gasteiger partial charge is 0.228 e. The molecule has 0 aliphatic rings. The average Bonchev–Trinajstić information content (AvgIpc) is 2.76. The van der Waals surface area contributed by atoms with E-state index in [2.05, 4.69) is 29.3 Å². The molecule has 0 saturated heterocycles. The quantitative estimate of drug-likeness (QED) is 0.772. The van der Waals surface area contributed by atoms with Gasteiger partial charge in [-0.05, 0) is 33.2 Å². The lowest BCUT2D eigenvalue weighted by molar-refractivity contribution is 0.0683. The zero-order valence-electron chi connectivity index (χ0n) is 12.1. The highest BCUT2D eigenvalue weighted by Crippen LogP contribution is 2.15. The molecule has 0 aromatic carbocycles. The minimum absolute atomic E-state index is 0.106. The molecule has 0 fully saturated rings. The van der Waals surface area contributed by atoms with E-state index in [1.807, 2.05) is 20.9 Å². The predicted octanol–water partition coefficient (Wildman–Crippen LogP) is 2.34. The summed E-state index contributed by atoms with van der Waals surface area (Å²) in [5.74, 6) is 1.95. The monoisotopic (exact) mass is 255 g/mol. The zero-order chi connectivity index (χ0) is 13.5. The van der Waals surface area contributed by atoms with Gasteiger partial charge in [-0.15, -0.1) is 0 Å². The second kappa shape index (κ2) is 7.48. The van der Waals surface area contributed by atoms with E-state index in [4.69, 9.17) is 9.26 Å². The Kier molecular flexibility index (Phi) is 6.29. The highest BCUT2D eigenvalue weighted by molar-refractivity contribution is 4.92. The van der Waals surface area contributed by atoms with Gasteiger partial charge in [0.2, 0.25) is 5.89 Å². The molecule has 0 radical (unpaired) electrons. The number of nitrogens with zero attached hydrogens (tertiary/aromatic N) is 2. The van der Waals surface area contributed by atoms with Crippen molar-refractivity contribution in [3.8, 4) is 0 Å². The number of hydrogen-bond acceptors (Lipinski definition) is 5. The van der Waals surface area contributed by atoms with Crippen LogP contribution in [0, 0.1) is 5.92 Å². The third-order valence-electron chi connectivity index (χ3n) is 2.85. The normalized spacial score (nSPS) is 15.0. The van der Waals surface area contributed by atoms with Crippen molar-refractivity contribution in [2.24, 2.45) is 5.92 Å². The molecule has 2 unspecified atom stereocenters. The van der Waals surface area contributed by atoms with Crippen LogP contribution in [-0.2, 0) is 11.2 Å². The maximum absolute atomic E-state index is 5.44. The summed E-state index contributed by atoms with van der Waals surface area (Å²) in [5.41, 5.74) is 0. The molecule has 2 atom stereocenters. The predicted molar refractivity (Wildman–Crippen MR) is 70.3 cm³/mol. The highest BCUT2D eigenvalue weighted by Gasteiger charge is 2.17. The van der Waals surface area contributed by atoms with Gasteiger partial charge in [0.15, 0.2) is 5.82 Å². The number of rotatable bonds is 8. The Bertz CT molecular complexity index is 339. The molecule has 0 bridgehead atoms. The Balaban J connectivity index is 2.56. The molecule has 0 saturated carbocycles. The minimum atomic E-state index is -0.106. The summed E-state index contributed by atoms with van der Waals surface area (Å²) in [7, 11) is 1.97. The summed E-state index contributed by atoms with van der Waals surface area (Å²) in [6.45, 7) is 8.96. The SMILES string of the molecule is CCOC(C)c1noc(CC(CC(C)C)NC)n1. The van der Waals surface area contributed by atoms with Crippen LogP contribution in [0.1, 0.15) is 51.9 Å². The largest absolute Gasteiger partial charge is 0.371 e. The van der Waals surface area contributed by atoms with E-state index in [1.165, 1.54) is 0 Å². The van der Waals surface area contributed by atoms with E-state index >= 15 is 0 Å². The summed E-state index contributed by atoms with van der Waals surface area (Å²) in [4.78, 5) is 4.38. The van der Waals surface area contributed by atoms with Crippen LogP contribution < -0.4 is 5.32 Å². The molecule has 1 N–H and O–H groups in total. The number of aromatic nitrogens is 2. The molecular weight excluding hydrogens is 230 g/mol. The third kappa shape index (κ3) is 4.74. The first-order valence-corrected chi connectivity index (χ1v) is 6.68. The van der Waals surface area contributed by atoms with Crippen LogP contribution in [-0.4, -0.2) is 29.8 Å². The lowest BCUT2D eigenvalue weighted by Crippen LogP contribution is -2.29. The second-order valence-electron chi connectivity index (χ2n) is 4.96. The Morgan fingerprint density at radius 1 is 1.33 bits per heavy atom. The van der Waals surface area contributed by atoms with Crippen molar-refractivity contribution in [3.63, 3.8) is 0 Å². The first-order chi connectivity index (χ1) is 8.56. The fourth-order valence-corrected chi connectivity index (χ4v) is 1.92. The standard InChI is InChI=1S/C13H25N3O2/c1-6-17-10(4)13-15-12(18-16-13)8-11(14-5)7-9(2)3/h9-11,14H,6-8H2,1-5H3. The lowest BCUT2D eigenvalue weighted by atomic mass is 10.0. The molecule has 1 aromatic heterocycles. The highest BCUT2D eigenvalue weighted by atomic mass is 16.5. The van der Waals surface area contributed by atoms with Crippen LogP contribution in [0.4, 0.5) is 0 Å². The van der Waals surface area contributed by atoms with Crippen LogP contribution in [0.3, 0.4) is 0 Å². The maximum atomic E-state index is 5.44. The van der Waals surface area contributed by atoms with Gasteiger partial charge < -0.3 is 14.6 Å². The van der Waals surface area contributed by atoms with Gasteiger partial charge in [0.05, 0.1) is 0 Å². The maximum Gasteiger partial charge on any atom is 0.228 e.